The van der Waals surface area contributed by atoms with Gasteiger partial charge in [-0.3, -0.25) is 14.7 Å². The van der Waals surface area contributed by atoms with Crippen LogP contribution >= 0.6 is 0 Å². The Morgan fingerprint density at radius 2 is 1.92 bits per heavy atom. The van der Waals surface area contributed by atoms with Gasteiger partial charge in [-0.25, -0.2) is 0 Å². The summed E-state index contributed by atoms with van der Waals surface area (Å²) in [6.45, 7) is 1.49. The summed E-state index contributed by atoms with van der Waals surface area (Å²) in [7, 11) is 1.38. The van der Waals surface area contributed by atoms with Gasteiger partial charge in [0.25, 0.3) is 0 Å². The molecule has 0 N–H and O–H groups in total. The standard InChI is InChI=1S/C17H19N5O2/c1-24-17(23)13-22(11-14-6-3-2-4-7-14)12-16-9-5-8-15(20-16)10-19-21-18/h2-9H,10-13H2,1H3. The number of hydrogen-bond donors (Lipinski definition) is 0. The molecule has 0 bridgehead atoms. The zero-order valence-corrected chi connectivity index (χ0v) is 13.5. The summed E-state index contributed by atoms with van der Waals surface area (Å²) in [6, 6.07) is 15.5. The Morgan fingerprint density at radius 3 is 2.62 bits per heavy atom. The van der Waals surface area contributed by atoms with E-state index < -0.39 is 0 Å². The lowest BCUT2D eigenvalue weighted by Crippen LogP contribution is -2.30. The number of azide groups is 1. The molecule has 1 aromatic carbocycles. The molecule has 0 saturated carbocycles. The molecule has 2 rings (SSSR count). The van der Waals surface area contributed by atoms with Gasteiger partial charge in [-0.05, 0) is 23.2 Å². The second-order valence-corrected chi connectivity index (χ2v) is 5.22. The van der Waals surface area contributed by atoms with Gasteiger partial charge in [0.15, 0.2) is 0 Å². The summed E-state index contributed by atoms with van der Waals surface area (Å²) in [4.78, 5) is 20.8. The Bertz CT molecular complexity index is 714. The summed E-state index contributed by atoms with van der Waals surface area (Å²) >= 11 is 0. The molecule has 0 radical (unpaired) electrons. The number of methoxy groups -OCH3 is 1. The van der Waals surface area contributed by atoms with Crippen molar-refractivity contribution >= 4 is 5.97 Å². The number of hydrogen-bond acceptors (Lipinski definition) is 5. The van der Waals surface area contributed by atoms with Crippen LogP contribution in [-0.2, 0) is 29.2 Å². The average molecular weight is 325 g/mol. The SMILES string of the molecule is COC(=O)CN(Cc1ccccc1)Cc1cccc(CN=[N+]=[N-])n1. The van der Waals surface area contributed by atoms with E-state index in [9.17, 15) is 4.79 Å². The van der Waals surface area contributed by atoms with E-state index in [4.69, 9.17) is 10.3 Å². The van der Waals surface area contributed by atoms with Gasteiger partial charge in [0.1, 0.15) is 0 Å². The van der Waals surface area contributed by atoms with Gasteiger partial charge in [0, 0.05) is 23.7 Å². The van der Waals surface area contributed by atoms with E-state index in [1.165, 1.54) is 7.11 Å². The number of rotatable bonds is 8. The average Bonchev–Trinajstić information content (AvgIpc) is 2.61. The van der Waals surface area contributed by atoms with Crippen molar-refractivity contribution in [2.75, 3.05) is 13.7 Å². The normalized spacial score (nSPS) is 10.2. The fourth-order valence-electron chi connectivity index (χ4n) is 2.29. The van der Waals surface area contributed by atoms with Crippen molar-refractivity contribution < 1.29 is 9.53 Å². The fraction of sp³-hybridized carbons (Fsp3) is 0.294. The number of pyridine rings is 1. The highest BCUT2D eigenvalue weighted by Gasteiger charge is 2.13. The second-order valence-electron chi connectivity index (χ2n) is 5.22. The van der Waals surface area contributed by atoms with Crippen molar-refractivity contribution in [1.82, 2.24) is 9.88 Å². The molecule has 0 aliphatic carbocycles. The van der Waals surface area contributed by atoms with Crippen LogP contribution in [0.1, 0.15) is 17.0 Å². The molecule has 0 aliphatic rings. The van der Waals surface area contributed by atoms with Crippen LogP contribution in [0.4, 0.5) is 0 Å². The Kier molecular flexibility index (Phi) is 6.76. The van der Waals surface area contributed by atoms with Crippen LogP contribution in [-0.4, -0.2) is 29.5 Å². The van der Waals surface area contributed by atoms with Crippen LogP contribution in [0.5, 0.6) is 0 Å². The van der Waals surface area contributed by atoms with Crippen molar-refractivity contribution in [3.05, 3.63) is 75.9 Å². The molecular weight excluding hydrogens is 306 g/mol. The largest absolute Gasteiger partial charge is 0.468 e. The van der Waals surface area contributed by atoms with Gasteiger partial charge in [0.05, 0.1) is 25.9 Å². The molecule has 0 saturated heterocycles. The van der Waals surface area contributed by atoms with Gasteiger partial charge >= 0.3 is 5.97 Å². The number of carbonyl (C=O) groups is 1. The second kappa shape index (κ2) is 9.29. The lowest BCUT2D eigenvalue weighted by Gasteiger charge is -2.21. The first-order valence-corrected chi connectivity index (χ1v) is 7.50. The predicted molar refractivity (Wildman–Crippen MR) is 89.7 cm³/mol. The van der Waals surface area contributed by atoms with Gasteiger partial charge in [0.2, 0.25) is 0 Å². The first-order valence-electron chi connectivity index (χ1n) is 7.50. The predicted octanol–water partition coefficient (Wildman–Crippen LogP) is 3.07. The van der Waals surface area contributed by atoms with Crippen molar-refractivity contribution in [1.29, 1.82) is 0 Å². The van der Waals surface area contributed by atoms with Crippen LogP contribution in [0.25, 0.3) is 10.4 Å². The third kappa shape index (κ3) is 5.72. The van der Waals surface area contributed by atoms with E-state index in [1.54, 1.807) is 6.07 Å². The summed E-state index contributed by atoms with van der Waals surface area (Å²) in [5.41, 5.74) is 11.0. The van der Waals surface area contributed by atoms with Crippen molar-refractivity contribution in [2.24, 2.45) is 5.11 Å². The topological polar surface area (TPSA) is 91.2 Å². The molecule has 0 atom stereocenters. The summed E-state index contributed by atoms with van der Waals surface area (Å²) in [6.07, 6.45) is 0. The van der Waals surface area contributed by atoms with Gasteiger partial charge in [-0.15, -0.1) is 0 Å². The number of carbonyl (C=O) groups excluding carboxylic acids is 1. The Balaban J connectivity index is 2.11. The van der Waals surface area contributed by atoms with Crippen LogP contribution in [0.2, 0.25) is 0 Å². The molecule has 0 fully saturated rings. The minimum absolute atomic E-state index is 0.174. The van der Waals surface area contributed by atoms with E-state index in [-0.39, 0.29) is 19.1 Å². The molecule has 124 valence electrons. The lowest BCUT2D eigenvalue weighted by atomic mass is 10.2. The van der Waals surface area contributed by atoms with Crippen LogP contribution < -0.4 is 0 Å². The Hall–Kier alpha value is -2.89. The number of nitrogens with zero attached hydrogens (tertiary/aromatic N) is 5. The molecule has 1 heterocycles. The fourth-order valence-corrected chi connectivity index (χ4v) is 2.29. The highest BCUT2D eigenvalue weighted by Crippen LogP contribution is 2.10. The molecule has 0 spiro atoms. The Labute approximate surface area is 140 Å². The minimum atomic E-state index is -0.295. The highest BCUT2D eigenvalue weighted by molar-refractivity contribution is 5.71. The highest BCUT2D eigenvalue weighted by atomic mass is 16.5. The molecule has 0 amide bonds. The molecule has 24 heavy (non-hydrogen) atoms. The van der Waals surface area contributed by atoms with E-state index >= 15 is 0 Å². The van der Waals surface area contributed by atoms with Crippen LogP contribution in [0.15, 0.2) is 53.6 Å². The molecule has 1 aromatic heterocycles. The van der Waals surface area contributed by atoms with Crippen LogP contribution in [0.3, 0.4) is 0 Å². The van der Waals surface area contributed by atoms with Crippen LogP contribution in [0, 0.1) is 0 Å². The van der Waals surface area contributed by atoms with E-state index in [1.807, 2.05) is 47.4 Å². The Morgan fingerprint density at radius 1 is 1.17 bits per heavy atom. The van der Waals surface area contributed by atoms with Crippen molar-refractivity contribution in [3.8, 4) is 0 Å². The number of esters is 1. The van der Waals surface area contributed by atoms with E-state index in [0.717, 1.165) is 11.3 Å². The number of aromatic nitrogens is 1. The lowest BCUT2D eigenvalue weighted by molar-refractivity contribution is -0.142. The van der Waals surface area contributed by atoms with Gasteiger partial charge in [-0.2, -0.15) is 0 Å². The maximum Gasteiger partial charge on any atom is 0.319 e. The monoisotopic (exact) mass is 325 g/mol. The minimum Gasteiger partial charge on any atom is -0.468 e. The zero-order chi connectivity index (χ0) is 17.2. The first-order chi connectivity index (χ1) is 11.7. The molecule has 2 aromatic rings. The zero-order valence-electron chi connectivity index (χ0n) is 13.5. The quantitative estimate of drug-likeness (QED) is 0.323. The number of benzene rings is 1. The maximum atomic E-state index is 11.7. The molecular formula is C17H19N5O2. The van der Waals surface area contributed by atoms with Gasteiger partial charge < -0.3 is 4.74 Å². The first kappa shape index (κ1) is 17.5. The third-order valence-electron chi connectivity index (χ3n) is 3.38. The molecule has 0 unspecified atom stereocenters. The smallest absolute Gasteiger partial charge is 0.319 e. The maximum absolute atomic E-state index is 11.7. The molecule has 0 aliphatic heterocycles. The summed E-state index contributed by atoms with van der Waals surface area (Å²) in [5, 5.41) is 3.52. The van der Waals surface area contributed by atoms with Crippen molar-refractivity contribution in [3.63, 3.8) is 0 Å². The third-order valence-corrected chi connectivity index (χ3v) is 3.38. The van der Waals surface area contributed by atoms with E-state index in [2.05, 4.69) is 15.0 Å². The summed E-state index contributed by atoms with van der Waals surface area (Å²) < 4.78 is 4.78. The summed E-state index contributed by atoms with van der Waals surface area (Å²) in [5.74, 6) is -0.295. The molecule has 7 heteroatoms. The van der Waals surface area contributed by atoms with E-state index in [0.29, 0.717) is 18.8 Å². The molecule has 7 nitrogen and oxygen atoms in total. The number of ether oxygens (including phenoxy) is 1. The van der Waals surface area contributed by atoms with Gasteiger partial charge in [-0.1, -0.05) is 41.5 Å². The van der Waals surface area contributed by atoms with Crippen molar-refractivity contribution in [2.45, 2.75) is 19.6 Å².